The first-order valence-corrected chi connectivity index (χ1v) is 7.40. The van der Waals surface area contributed by atoms with Crippen LogP contribution in [0.25, 0.3) is 0 Å². The Bertz CT molecular complexity index is 417. The number of methoxy groups -OCH3 is 1. The van der Waals surface area contributed by atoms with Crippen LogP contribution in [0.2, 0.25) is 0 Å². The lowest BCUT2D eigenvalue weighted by Gasteiger charge is -2.17. The summed E-state index contributed by atoms with van der Waals surface area (Å²) in [5.41, 5.74) is 2.67. The van der Waals surface area contributed by atoms with E-state index in [0.29, 0.717) is 12.6 Å². The maximum Gasteiger partial charge on any atom is 0.0716 e. The second-order valence-corrected chi connectivity index (χ2v) is 5.79. The van der Waals surface area contributed by atoms with Gasteiger partial charge < -0.3 is 10.1 Å². The quantitative estimate of drug-likeness (QED) is 0.848. The molecule has 1 atom stereocenters. The lowest BCUT2D eigenvalue weighted by molar-refractivity contribution is 0.184. The summed E-state index contributed by atoms with van der Waals surface area (Å²) in [7, 11) is 1.76. The monoisotopic (exact) mass is 260 g/mol. The average molecular weight is 260 g/mol. The van der Waals surface area contributed by atoms with Crippen LogP contribution < -0.4 is 5.32 Å². The predicted molar refractivity (Wildman–Crippen MR) is 77.0 cm³/mol. The molecule has 19 heavy (non-hydrogen) atoms. The molecule has 1 aliphatic heterocycles. The van der Waals surface area contributed by atoms with E-state index < -0.39 is 0 Å². The maximum absolute atomic E-state index is 5.26. The van der Waals surface area contributed by atoms with E-state index in [4.69, 9.17) is 4.74 Å². The summed E-state index contributed by atoms with van der Waals surface area (Å²) in [6.45, 7) is 4.18. The Kier molecular flexibility index (Phi) is 4.16. The lowest BCUT2D eigenvalue weighted by Crippen LogP contribution is -2.33. The fourth-order valence-electron chi connectivity index (χ4n) is 3.01. The molecule has 1 heterocycles. The first-order valence-electron chi connectivity index (χ1n) is 7.40. The molecule has 3 rings (SSSR count). The fraction of sp³-hybridized carbons (Fsp3) is 0.625. The molecular formula is C16H24N2O. The molecule has 1 unspecified atom stereocenters. The molecule has 1 aliphatic carbocycles. The van der Waals surface area contributed by atoms with Gasteiger partial charge in [0.15, 0.2) is 0 Å². The van der Waals surface area contributed by atoms with Crippen molar-refractivity contribution in [1.82, 2.24) is 10.2 Å². The van der Waals surface area contributed by atoms with Crippen LogP contribution in [0, 0.1) is 0 Å². The zero-order chi connectivity index (χ0) is 13.1. The number of benzene rings is 1. The Labute approximate surface area is 115 Å². The van der Waals surface area contributed by atoms with E-state index in [-0.39, 0.29) is 0 Å². The highest BCUT2D eigenvalue weighted by Crippen LogP contribution is 2.29. The third-order valence-corrected chi connectivity index (χ3v) is 4.28. The minimum absolute atomic E-state index is 0.663. The Balaban J connectivity index is 1.51. The third kappa shape index (κ3) is 3.35. The molecule has 2 fully saturated rings. The van der Waals surface area contributed by atoms with Gasteiger partial charge in [-0.3, -0.25) is 4.90 Å². The average Bonchev–Trinajstić information content (AvgIpc) is 3.18. The first-order chi connectivity index (χ1) is 9.36. The van der Waals surface area contributed by atoms with Gasteiger partial charge in [-0.2, -0.15) is 0 Å². The summed E-state index contributed by atoms with van der Waals surface area (Å²) in [5, 5.41) is 3.71. The van der Waals surface area contributed by atoms with Gasteiger partial charge in [0.05, 0.1) is 6.61 Å². The molecule has 104 valence electrons. The predicted octanol–water partition coefficient (Wildman–Crippen LogP) is 2.16. The highest BCUT2D eigenvalue weighted by atomic mass is 16.5. The van der Waals surface area contributed by atoms with Gasteiger partial charge in [-0.15, -0.1) is 0 Å². The van der Waals surface area contributed by atoms with Crippen LogP contribution in [-0.2, 0) is 17.9 Å². The number of ether oxygens (including phenoxy) is 1. The zero-order valence-electron chi connectivity index (χ0n) is 11.8. The number of hydrogen-bond donors (Lipinski definition) is 1. The summed E-state index contributed by atoms with van der Waals surface area (Å²) in [6, 6.07) is 10.1. The van der Waals surface area contributed by atoms with Gasteiger partial charge >= 0.3 is 0 Å². The van der Waals surface area contributed by atoms with Crippen molar-refractivity contribution in [3.05, 3.63) is 35.4 Å². The summed E-state index contributed by atoms with van der Waals surface area (Å²) in [5.74, 6) is 0. The highest BCUT2D eigenvalue weighted by Gasteiger charge is 2.34. The number of rotatable bonds is 6. The molecule has 0 aromatic heterocycles. The van der Waals surface area contributed by atoms with Gasteiger partial charge in [-0.05, 0) is 30.4 Å². The van der Waals surface area contributed by atoms with Crippen molar-refractivity contribution < 1.29 is 4.74 Å². The van der Waals surface area contributed by atoms with Crippen molar-refractivity contribution in [1.29, 1.82) is 0 Å². The standard InChI is InChI=1S/C16H24N2O/c1-19-12-14-5-3-2-4-13(14)10-17-15-8-9-18(11-15)16-6-7-16/h2-5,15-17H,6-12H2,1H3. The molecule has 2 aliphatic rings. The molecule has 0 amide bonds. The van der Waals surface area contributed by atoms with Gasteiger partial charge in [-0.25, -0.2) is 0 Å². The van der Waals surface area contributed by atoms with Gasteiger partial charge in [0.1, 0.15) is 0 Å². The van der Waals surface area contributed by atoms with Gasteiger partial charge in [-0.1, -0.05) is 24.3 Å². The van der Waals surface area contributed by atoms with Crippen molar-refractivity contribution in [3.8, 4) is 0 Å². The molecule has 1 saturated carbocycles. The van der Waals surface area contributed by atoms with E-state index in [0.717, 1.165) is 12.6 Å². The second-order valence-electron chi connectivity index (χ2n) is 5.79. The van der Waals surface area contributed by atoms with E-state index in [1.54, 1.807) is 7.11 Å². The minimum Gasteiger partial charge on any atom is -0.380 e. The molecule has 1 aromatic rings. The number of likely N-dealkylation sites (tertiary alicyclic amines) is 1. The molecule has 0 radical (unpaired) electrons. The summed E-state index contributed by atoms with van der Waals surface area (Å²) < 4.78 is 5.26. The van der Waals surface area contributed by atoms with E-state index in [2.05, 4.69) is 34.5 Å². The molecule has 3 heteroatoms. The molecule has 0 bridgehead atoms. The van der Waals surface area contributed by atoms with E-state index >= 15 is 0 Å². The molecule has 1 N–H and O–H groups in total. The Morgan fingerprint density at radius 2 is 2.00 bits per heavy atom. The van der Waals surface area contributed by atoms with Crippen LogP contribution in [0.15, 0.2) is 24.3 Å². The van der Waals surface area contributed by atoms with E-state index in [1.807, 2.05) is 0 Å². The number of nitrogens with one attached hydrogen (secondary N) is 1. The summed E-state index contributed by atoms with van der Waals surface area (Å²) in [6.07, 6.45) is 4.13. The van der Waals surface area contributed by atoms with Gasteiger partial charge in [0.2, 0.25) is 0 Å². The van der Waals surface area contributed by atoms with Gasteiger partial charge in [0, 0.05) is 38.8 Å². The molecule has 0 spiro atoms. The molecule has 1 saturated heterocycles. The SMILES string of the molecule is COCc1ccccc1CNC1CCN(C2CC2)C1. The summed E-state index contributed by atoms with van der Waals surface area (Å²) in [4.78, 5) is 2.65. The first kappa shape index (κ1) is 13.1. The Morgan fingerprint density at radius 3 is 2.74 bits per heavy atom. The van der Waals surface area contributed by atoms with E-state index in [1.165, 1.54) is 43.5 Å². The van der Waals surface area contributed by atoms with E-state index in [9.17, 15) is 0 Å². The molecule has 3 nitrogen and oxygen atoms in total. The largest absolute Gasteiger partial charge is 0.380 e. The Hall–Kier alpha value is -0.900. The minimum atomic E-state index is 0.663. The van der Waals surface area contributed by atoms with Crippen molar-refractivity contribution >= 4 is 0 Å². The van der Waals surface area contributed by atoms with Crippen molar-refractivity contribution in [2.75, 3.05) is 20.2 Å². The second kappa shape index (κ2) is 6.04. The van der Waals surface area contributed by atoms with Crippen LogP contribution in [0.4, 0.5) is 0 Å². The van der Waals surface area contributed by atoms with Crippen LogP contribution in [0.3, 0.4) is 0 Å². The lowest BCUT2D eigenvalue weighted by atomic mass is 10.1. The Morgan fingerprint density at radius 1 is 1.21 bits per heavy atom. The smallest absolute Gasteiger partial charge is 0.0716 e. The van der Waals surface area contributed by atoms with Crippen LogP contribution in [0.5, 0.6) is 0 Å². The van der Waals surface area contributed by atoms with Gasteiger partial charge in [0.25, 0.3) is 0 Å². The van der Waals surface area contributed by atoms with Crippen LogP contribution >= 0.6 is 0 Å². The number of hydrogen-bond acceptors (Lipinski definition) is 3. The summed E-state index contributed by atoms with van der Waals surface area (Å²) >= 11 is 0. The van der Waals surface area contributed by atoms with Crippen LogP contribution in [-0.4, -0.2) is 37.2 Å². The zero-order valence-corrected chi connectivity index (χ0v) is 11.8. The van der Waals surface area contributed by atoms with Crippen LogP contribution in [0.1, 0.15) is 30.4 Å². The fourth-order valence-corrected chi connectivity index (χ4v) is 3.01. The maximum atomic E-state index is 5.26. The van der Waals surface area contributed by atoms with Crippen molar-refractivity contribution in [2.45, 2.75) is 44.5 Å². The number of nitrogens with zero attached hydrogens (tertiary/aromatic N) is 1. The topological polar surface area (TPSA) is 24.5 Å². The molecule has 1 aromatic carbocycles. The normalized spacial score (nSPS) is 23.9. The van der Waals surface area contributed by atoms with Crippen molar-refractivity contribution in [3.63, 3.8) is 0 Å². The highest BCUT2D eigenvalue weighted by molar-refractivity contribution is 5.26. The third-order valence-electron chi connectivity index (χ3n) is 4.28. The van der Waals surface area contributed by atoms with Crippen molar-refractivity contribution in [2.24, 2.45) is 0 Å². The molecular weight excluding hydrogens is 236 g/mol.